The summed E-state index contributed by atoms with van der Waals surface area (Å²) in [6.07, 6.45) is 5.46. The quantitative estimate of drug-likeness (QED) is 0.684. The second-order valence-corrected chi connectivity index (χ2v) is 6.33. The van der Waals surface area contributed by atoms with Crippen LogP contribution in [0.3, 0.4) is 0 Å². The Morgan fingerprint density at radius 1 is 1.33 bits per heavy atom. The summed E-state index contributed by atoms with van der Waals surface area (Å²) in [7, 11) is 0. The Kier molecular flexibility index (Phi) is 3.61. The summed E-state index contributed by atoms with van der Waals surface area (Å²) in [5.41, 5.74) is 0.605. The fourth-order valence-electron chi connectivity index (χ4n) is 3.83. The van der Waals surface area contributed by atoms with Crippen LogP contribution < -0.4 is 4.74 Å². The number of aliphatic hydroxyl groups is 1. The fraction of sp³-hybridized carbons (Fsp3) is 0.625. The van der Waals surface area contributed by atoms with Gasteiger partial charge in [-0.3, -0.25) is 10.1 Å². The van der Waals surface area contributed by atoms with Crippen LogP contribution in [0.15, 0.2) is 18.2 Å². The average molecular weight is 291 g/mol. The summed E-state index contributed by atoms with van der Waals surface area (Å²) in [4.78, 5) is 10.8. The molecule has 1 spiro atoms. The molecule has 5 nitrogen and oxygen atoms in total. The summed E-state index contributed by atoms with van der Waals surface area (Å²) in [6, 6.07) is 4.97. The zero-order valence-electron chi connectivity index (χ0n) is 12.2. The van der Waals surface area contributed by atoms with Crippen LogP contribution in [0.2, 0.25) is 0 Å². The predicted octanol–water partition coefficient (Wildman–Crippen LogP) is 3.37. The molecule has 2 atom stereocenters. The van der Waals surface area contributed by atoms with Crippen molar-refractivity contribution in [3.8, 4) is 5.75 Å². The summed E-state index contributed by atoms with van der Waals surface area (Å²) < 4.78 is 6.04. The number of aliphatic hydroxyl groups excluding tert-OH is 1. The van der Waals surface area contributed by atoms with Gasteiger partial charge in [-0.2, -0.15) is 0 Å². The summed E-state index contributed by atoms with van der Waals surface area (Å²) in [5, 5.41) is 21.4. The van der Waals surface area contributed by atoms with E-state index in [1.54, 1.807) is 6.07 Å². The van der Waals surface area contributed by atoms with Crippen molar-refractivity contribution in [3.05, 3.63) is 33.9 Å². The lowest BCUT2D eigenvalue weighted by Gasteiger charge is -2.55. The number of hydrogen-bond acceptors (Lipinski definition) is 4. The Balaban J connectivity index is 1.86. The molecule has 5 heteroatoms. The monoisotopic (exact) mass is 291 g/mol. The topological polar surface area (TPSA) is 72.6 Å². The van der Waals surface area contributed by atoms with E-state index >= 15 is 0 Å². The number of nitrogens with zero attached hydrogens (tertiary/aromatic N) is 1. The largest absolute Gasteiger partial charge is 0.483 e. The van der Waals surface area contributed by atoms with Gasteiger partial charge in [-0.1, -0.05) is 31.4 Å². The Morgan fingerprint density at radius 2 is 2.05 bits per heavy atom. The highest BCUT2D eigenvalue weighted by Crippen LogP contribution is 2.54. The predicted molar refractivity (Wildman–Crippen MR) is 78.4 cm³/mol. The van der Waals surface area contributed by atoms with E-state index in [-0.39, 0.29) is 23.3 Å². The van der Waals surface area contributed by atoms with Gasteiger partial charge in [0, 0.05) is 17.9 Å². The molecule has 0 heterocycles. The van der Waals surface area contributed by atoms with Crippen LogP contribution in [-0.2, 0) is 0 Å². The van der Waals surface area contributed by atoms with Crippen LogP contribution >= 0.6 is 0 Å². The minimum Gasteiger partial charge on any atom is -0.483 e. The Hall–Kier alpha value is -1.62. The molecule has 2 unspecified atom stereocenters. The van der Waals surface area contributed by atoms with Crippen LogP contribution in [0.5, 0.6) is 5.75 Å². The number of benzene rings is 1. The number of nitro benzene ring substituents is 1. The number of nitro groups is 1. The first kappa shape index (κ1) is 14.3. The molecule has 2 aliphatic rings. The highest BCUT2D eigenvalue weighted by atomic mass is 16.6. The van der Waals surface area contributed by atoms with Crippen molar-refractivity contribution < 1.29 is 14.8 Å². The van der Waals surface area contributed by atoms with Gasteiger partial charge in [-0.25, -0.2) is 0 Å². The van der Waals surface area contributed by atoms with E-state index in [4.69, 9.17) is 4.74 Å². The SMILES string of the molecule is Cc1cccc([N+](=O)[O-])c1OC1CC(O)C12CCCCC2. The molecule has 0 bridgehead atoms. The minimum atomic E-state index is -0.398. The first-order valence-corrected chi connectivity index (χ1v) is 7.63. The van der Waals surface area contributed by atoms with Crippen molar-refractivity contribution in [2.75, 3.05) is 0 Å². The maximum atomic E-state index is 11.2. The second kappa shape index (κ2) is 5.30. The molecule has 0 radical (unpaired) electrons. The van der Waals surface area contributed by atoms with Crippen molar-refractivity contribution in [2.45, 2.75) is 57.7 Å². The van der Waals surface area contributed by atoms with Gasteiger partial charge < -0.3 is 9.84 Å². The van der Waals surface area contributed by atoms with Crippen molar-refractivity contribution in [1.29, 1.82) is 0 Å². The van der Waals surface area contributed by atoms with Gasteiger partial charge in [-0.05, 0) is 25.3 Å². The molecular weight excluding hydrogens is 270 g/mol. The van der Waals surface area contributed by atoms with Crippen molar-refractivity contribution in [3.63, 3.8) is 0 Å². The molecule has 114 valence electrons. The van der Waals surface area contributed by atoms with Gasteiger partial charge in [0.1, 0.15) is 6.10 Å². The smallest absolute Gasteiger partial charge is 0.311 e. The molecule has 0 amide bonds. The molecule has 2 aliphatic carbocycles. The van der Waals surface area contributed by atoms with Crippen LogP contribution in [-0.4, -0.2) is 22.2 Å². The maximum absolute atomic E-state index is 11.2. The van der Waals surface area contributed by atoms with Gasteiger partial charge in [0.2, 0.25) is 0 Å². The number of rotatable bonds is 3. The third kappa shape index (κ3) is 2.29. The summed E-state index contributed by atoms with van der Waals surface area (Å²) in [6.45, 7) is 1.82. The normalized spacial score (nSPS) is 27.1. The van der Waals surface area contributed by atoms with E-state index in [9.17, 15) is 15.2 Å². The van der Waals surface area contributed by atoms with E-state index < -0.39 is 4.92 Å². The van der Waals surface area contributed by atoms with Gasteiger partial charge in [0.25, 0.3) is 0 Å². The van der Waals surface area contributed by atoms with Crippen molar-refractivity contribution >= 4 is 5.69 Å². The van der Waals surface area contributed by atoms with Crippen molar-refractivity contribution in [2.24, 2.45) is 5.41 Å². The Labute approximate surface area is 124 Å². The summed E-state index contributed by atoms with van der Waals surface area (Å²) >= 11 is 0. The second-order valence-electron chi connectivity index (χ2n) is 6.33. The van der Waals surface area contributed by atoms with E-state index in [0.717, 1.165) is 31.2 Å². The standard InChI is InChI=1S/C16H21NO4/c1-11-6-5-7-12(17(19)20)15(11)21-14-10-13(18)16(14)8-3-2-4-9-16/h5-7,13-14,18H,2-4,8-10H2,1H3. The molecule has 0 saturated heterocycles. The summed E-state index contributed by atoms with van der Waals surface area (Å²) in [5.74, 6) is 0.365. The zero-order chi connectivity index (χ0) is 15.0. The lowest BCUT2D eigenvalue weighted by atomic mass is 9.56. The Morgan fingerprint density at radius 3 is 2.67 bits per heavy atom. The number of ether oxygens (including phenoxy) is 1. The third-order valence-corrected chi connectivity index (χ3v) is 5.17. The lowest BCUT2D eigenvalue weighted by molar-refractivity contribution is -0.386. The molecule has 2 saturated carbocycles. The van der Waals surface area contributed by atoms with E-state index in [2.05, 4.69) is 0 Å². The van der Waals surface area contributed by atoms with Crippen LogP contribution in [0.1, 0.15) is 44.1 Å². The van der Waals surface area contributed by atoms with Gasteiger partial charge in [0.05, 0.1) is 11.0 Å². The van der Waals surface area contributed by atoms with Gasteiger partial charge in [-0.15, -0.1) is 0 Å². The molecule has 2 fully saturated rings. The van der Waals surface area contributed by atoms with Gasteiger partial charge in [0.15, 0.2) is 5.75 Å². The van der Waals surface area contributed by atoms with Crippen LogP contribution in [0, 0.1) is 22.5 Å². The average Bonchev–Trinajstić information content (AvgIpc) is 2.49. The first-order chi connectivity index (χ1) is 10.0. The number of aryl methyl sites for hydroxylation is 1. The molecule has 1 aromatic carbocycles. The molecule has 1 N–H and O–H groups in total. The number of hydrogen-bond donors (Lipinski definition) is 1. The first-order valence-electron chi connectivity index (χ1n) is 7.63. The third-order valence-electron chi connectivity index (χ3n) is 5.17. The van der Waals surface area contributed by atoms with Crippen LogP contribution in [0.4, 0.5) is 5.69 Å². The zero-order valence-corrected chi connectivity index (χ0v) is 12.2. The molecule has 1 aromatic rings. The molecule has 3 rings (SSSR count). The number of para-hydroxylation sites is 1. The highest BCUT2D eigenvalue weighted by Gasteiger charge is 2.56. The molecule has 21 heavy (non-hydrogen) atoms. The van der Waals surface area contributed by atoms with Crippen molar-refractivity contribution in [1.82, 2.24) is 0 Å². The van der Waals surface area contributed by atoms with E-state index in [0.29, 0.717) is 12.2 Å². The maximum Gasteiger partial charge on any atom is 0.311 e. The highest BCUT2D eigenvalue weighted by molar-refractivity contribution is 5.51. The molecular formula is C16H21NO4. The van der Waals surface area contributed by atoms with E-state index in [1.165, 1.54) is 12.5 Å². The van der Waals surface area contributed by atoms with Gasteiger partial charge >= 0.3 is 5.69 Å². The molecule has 0 aromatic heterocycles. The minimum absolute atomic E-state index is 0.0161. The molecule has 0 aliphatic heterocycles. The van der Waals surface area contributed by atoms with E-state index in [1.807, 2.05) is 13.0 Å². The van der Waals surface area contributed by atoms with Crippen LogP contribution in [0.25, 0.3) is 0 Å². The Bertz CT molecular complexity index is 551. The fourth-order valence-corrected chi connectivity index (χ4v) is 3.83. The lowest BCUT2D eigenvalue weighted by Crippen LogP contribution is -2.60.